The van der Waals surface area contributed by atoms with Crippen molar-refractivity contribution in [3.05, 3.63) is 0 Å². The van der Waals surface area contributed by atoms with Crippen molar-refractivity contribution in [1.29, 1.82) is 0 Å². The number of aliphatic hydroxyl groups excluding tert-OH is 3. The summed E-state index contributed by atoms with van der Waals surface area (Å²) in [5.74, 6) is -8.34. The van der Waals surface area contributed by atoms with Crippen molar-refractivity contribution in [2.45, 2.75) is 96.6 Å². The number of ether oxygens (including phenoxy) is 2. The second-order valence-corrected chi connectivity index (χ2v) is 7.84. The van der Waals surface area contributed by atoms with Crippen molar-refractivity contribution >= 4 is 35.1 Å². The fourth-order valence-electron chi connectivity index (χ4n) is 3.59. The predicted octanol–water partition coefficient (Wildman–Crippen LogP) is -0.0190. The molecule has 0 rings (SSSR count). The zero-order valence-electron chi connectivity index (χ0n) is 19.7. The van der Waals surface area contributed by atoms with Crippen molar-refractivity contribution in [1.82, 2.24) is 0 Å². The van der Waals surface area contributed by atoms with Crippen LogP contribution in [0.4, 0.5) is 0 Å². The lowest BCUT2D eigenvalue weighted by Gasteiger charge is -2.46. The molecular formula is C22H34O11. The highest BCUT2D eigenvalue weighted by molar-refractivity contribution is 6.45. The van der Waals surface area contributed by atoms with Gasteiger partial charge in [-0.25, -0.2) is 0 Å². The quantitative estimate of drug-likeness (QED) is 0.118. The molecule has 0 unspecified atom stereocenters. The number of carbonyl (C=O) groups excluding carboxylic acids is 6. The van der Waals surface area contributed by atoms with Gasteiger partial charge in [0.15, 0.2) is 17.3 Å². The van der Waals surface area contributed by atoms with E-state index >= 15 is 0 Å². The molecule has 0 aliphatic rings. The van der Waals surface area contributed by atoms with Crippen LogP contribution in [0.25, 0.3) is 0 Å². The van der Waals surface area contributed by atoms with Gasteiger partial charge in [0.2, 0.25) is 0 Å². The van der Waals surface area contributed by atoms with Crippen molar-refractivity contribution in [3.63, 3.8) is 0 Å². The summed E-state index contributed by atoms with van der Waals surface area (Å²) in [5.41, 5.74) is -6.76. The molecule has 3 N–H and O–H groups in total. The van der Waals surface area contributed by atoms with E-state index in [0.717, 1.165) is 40.0 Å². The molecule has 0 heterocycles. The summed E-state index contributed by atoms with van der Waals surface area (Å²) < 4.78 is 10.1. The number of esters is 2. The number of rotatable bonds is 16. The van der Waals surface area contributed by atoms with E-state index in [1.54, 1.807) is 0 Å². The summed E-state index contributed by atoms with van der Waals surface area (Å²) in [6, 6.07) is 0. The second kappa shape index (κ2) is 13.3. The summed E-state index contributed by atoms with van der Waals surface area (Å²) in [6.45, 7) is 3.70. The van der Waals surface area contributed by atoms with E-state index in [0.29, 0.717) is 19.8 Å². The Morgan fingerprint density at radius 1 is 0.818 bits per heavy atom. The lowest BCUT2D eigenvalue weighted by molar-refractivity contribution is -0.237. The fourth-order valence-corrected chi connectivity index (χ4v) is 3.59. The Balaban J connectivity index is 6.88. The van der Waals surface area contributed by atoms with Gasteiger partial charge in [-0.05, 0) is 20.3 Å². The second-order valence-electron chi connectivity index (χ2n) is 7.84. The maximum absolute atomic E-state index is 13.0. The lowest BCUT2D eigenvalue weighted by atomic mass is 9.68. The van der Waals surface area contributed by atoms with Gasteiger partial charge in [-0.1, -0.05) is 32.6 Å². The van der Waals surface area contributed by atoms with Crippen LogP contribution in [0.2, 0.25) is 0 Å². The monoisotopic (exact) mass is 474 g/mol. The molecule has 188 valence electrons. The van der Waals surface area contributed by atoms with Crippen LogP contribution in [0.5, 0.6) is 0 Å². The summed E-state index contributed by atoms with van der Waals surface area (Å²) in [7, 11) is 0. The fraction of sp³-hybridized carbons (Fsp3) is 0.727. The van der Waals surface area contributed by atoms with Gasteiger partial charge in [-0.2, -0.15) is 0 Å². The van der Waals surface area contributed by atoms with E-state index in [1.165, 1.54) is 0 Å². The molecular weight excluding hydrogens is 440 g/mol. The molecule has 0 aliphatic carbocycles. The summed E-state index contributed by atoms with van der Waals surface area (Å²) in [4.78, 5) is 75.3. The van der Waals surface area contributed by atoms with Crippen molar-refractivity contribution in [3.8, 4) is 0 Å². The minimum absolute atomic E-state index is 0.298. The van der Waals surface area contributed by atoms with E-state index in [-0.39, 0.29) is 6.42 Å². The van der Waals surface area contributed by atoms with Gasteiger partial charge in [0, 0.05) is 20.3 Å². The number of unbranched alkanes of at least 4 members (excludes halogenated alkanes) is 4. The van der Waals surface area contributed by atoms with Crippen LogP contribution in [0.3, 0.4) is 0 Å². The molecule has 0 aromatic heterocycles. The Labute approximate surface area is 192 Å². The Morgan fingerprint density at radius 3 is 1.76 bits per heavy atom. The number of aliphatic hydroxyl groups is 3. The van der Waals surface area contributed by atoms with E-state index < -0.39 is 65.1 Å². The van der Waals surface area contributed by atoms with Crippen molar-refractivity contribution < 1.29 is 53.6 Å². The van der Waals surface area contributed by atoms with Gasteiger partial charge in [-0.3, -0.25) is 28.8 Å². The smallest absolute Gasteiger partial charge is 0.307 e. The molecule has 0 fully saturated rings. The van der Waals surface area contributed by atoms with E-state index in [9.17, 15) is 44.1 Å². The highest BCUT2D eigenvalue weighted by Gasteiger charge is 2.73. The van der Waals surface area contributed by atoms with Gasteiger partial charge >= 0.3 is 11.9 Å². The minimum atomic E-state index is -3.43. The van der Waals surface area contributed by atoms with Crippen LogP contribution >= 0.6 is 0 Å². The average Bonchev–Trinajstić information content (AvgIpc) is 2.73. The molecule has 4 atom stereocenters. The van der Waals surface area contributed by atoms with Crippen LogP contribution in [-0.2, 0) is 38.2 Å². The Morgan fingerprint density at radius 2 is 1.36 bits per heavy atom. The Bertz CT molecular complexity index is 759. The zero-order valence-corrected chi connectivity index (χ0v) is 19.7. The molecule has 0 amide bonds. The van der Waals surface area contributed by atoms with Crippen LogP contribution in [-0.4, -0.2) is 80.4 Å². The molecule has 0 aromatic carbocycles. The van der Waals surface area contributed by atoms with E-state index in [4.69, 9.17) is 9.47 Å². The first-order chi connectivity index (χ1) is 15.3. The van der Waals surface area contributed by atoms with Crippen molar-refractivity contribution in [2.75, 3.05) is 6.61 Å². The topological polar surface area (TPSA) is 182 Å². The van der Waals surface area contributed by atoms with Crippen molar-refractivity contribution in [2.24, 2.45) is 0 Å². The van der Waals surface area contributed by atoms with Gasteiger partial charge in [-0.15, -0.1) is 0 Å². The summed E-state index contributed by atoms with van der Waals surface area (Å²) >= 11 is 0. The standard InChI is InChI=1S/C22H34O11/c1-6-7-8-9-10-11-18(29)33-22(15(4)26,20(31)17(28)12-23)21(14(3)25,32-16(5)27)19(30)13(2)24/h17,20,23,28,31H,6-12H2,1-5H3/t17-,20-,21+,22+/m1/s1. The highest BCUT2D eigenvalue weighted by Crippen LogP contribution is 2.39. The van der Waals surface area contributed by atoms with Gasteiger partial charge in [0.05, 0.1) is 6.61 Å². The molecule has 0 spiro atoms. The predicted molar refractivity (Wildman–Crippen MR) is 113 cm³/mol. The van der Waals surface area contributed by atoms with Crippen LogP contribution in [0, 0.1) is 0 Å². The van der Waals surface area contributed by atoms with Crippen LogP contribution < -0.4 is 0 Å². The number of hydrogen-bond donors (Lipinski definition) is 3. The number of ketones is 4. The molecule has 11 heteroatoms. The third-order valence-corrected chi connectivity index (χ3v) is 5.21. The van der Waals surface area contributed by atoms with Gasteiger partial charge < -0.3 is 24.8 Å². The average molecular weight is 475 g/mol. The number of carbonyl (C=O) groups is 6. The molecule has 0 aliphatic heterocycles. The minimum Gasteiger partial charge on any atom is -0.443 e. The Hall–Kier alpha value is -2.50. The maximum Gasteiger partial charge on any atom is 0.307 e. The molecule has 0 aromatic rings. The first-order valence-electron chi connectivity index (χ1n) is 10.7. The highest BCUT2D eigenvalue weighted by atomic mass is 16.6. The molecule has 0 saturated heterocycles. The normalized spacial score (nSPS) is 16.5. The van der Waals surface area contributed by atoms with Crippen LogP contribution in [0.15, 0.2) is 0 Å². The Kier molecular flexibility index (Phi) is 12.3. The number of Topliss-reactive ketones (excluding diaryl/α,β-unsaturated/α-hetero) is 4. The number of hydrogen-bond acceptors (Lipinski definition) is 11. The molecule has 0 radical (unpaired) electrons. The molecule has 0 saturated carbocycles. The van der Waals surface area contributed by atoms with E-state index in [2.05, 4.69) is 0 Å². The third-order valence-electron chi connectivity index (χ3n) is 5.21. The van der Waals surface area contributed by atoms with Gasteiger partial charge in [0.25, 0.3) is 17.0 Å². The SMILES string of the molecule is CCCCCCCC(=O)O[C@@](C(C)=O)([C@H](O)[C@H](O)CO)[C@](OC(C)=O)(C(C)=O)C(=O)C(C)=O. The zero-order chi connectivity index (χ0) is 26.0. The molecule has 33 heavy (non-hydrogen) atoms. The third kappa shape index (κ3) is 6.75. The lowest BCUT2D eigenvalue weighted by Crippen LogP contribution is -2.77. The van der Waals surface area contributed by atoms with E-state index in [1.807, 2.05) is 6.92 Å². The van der Waals surface area contributed by atoms with Gasteiger partial charge in [0.1, 0.15) is 12.2 Å². The first kappa shape index (κ1) is 30.5. The largest absolute Gasteiger partial charge is 0.443 e. The summed E-state index contributed by atoms with van der Waals surface area (Å²) in [6.07, 6.45) is -1.56. The van der Waals surface area contributed by atoms with Crippen LogP contribution in [0.1, 0.15) is 73.1 Å². The molecule has 11 nitrogen and oxygen atoms in total. The summed E-state index contributed by atoms with van der Waals surface area (Å²) in [5, 5.41) is 30.2. The maximum atomic E-state index is 13.0. The first-order valence-corrected chi connectivity index (χ1v) is 10.7. The molecule has 0 bridgehead atoms.